The minimum Gasteiger partial charge on any atom is -0.360 e. The zero-order valence-corrected chi connectivity index (χ0v) is 8.32. The van der Waals surface area contributed by atoms with Crippen LogP contribution in [0, 0.1) is 10.1 Å². The van der Waals surface area contributed by atoms with Crippen molar-refractivity contribution in [3.05, 3.63) is 50.5 Å². The molecule has 0 unspecified atom stereocenters. The Kier molecular flexibility index (Phi) is 2.48. The number of nitrogens with one attached hydrogen (secondary N) is 1. The molecule has 8 heteroatoms. The lowest BCUT2D eigenvalue weighted by atomic mass is 10.1. The molecule has 2 aromatic rings. The first-order valence-electron chi connectivity index (χ1n) is 4.48. The van der Waals surface area contributed by atoms with Crippen molar-refractivity contribution >= 4 is 22.5 Å². The van der Waals surface area contributed by atoms with Crippen molar-refractivity contribution in [3.8, 4) is 0 Å². The predicted octanol–water partition coefficient (Wildman–Crippen LogP) is 2.53. The van der Waals surface area contributed by atoms with Gasteiger partial charge >= 0.3 is 0 Å². The van der Waals surface area contributed by atoms with Crippen LogP contribution in [0.2, 0.25) is 0 Å². The van der Waals surface area contributed by atoms with Crippen LogP contribution in [0.1, 0.15) is 10.4 Å². The SMILES string of the molecule is [N-]=[N+]=NC(=O)c1c[nH]c2ccc([N+](=O)[O-])cc12. The van der Waals surface area contributed by atoms with Crippen LogP contribution in [0.3, 0.4) is 0 Å². The van der Waals surface area contributed by atoms with E-state index < -0.39 is 10.8 Å². The molecule has 8 nitrogen and oxygen atoms in total. The van der Waals surface area contributed by atoms with Gasteiger partial charge in [0.2, 0.25) is 0 Å². The maximum Gasteiger partial charge on any atom is 0.270 e. The molecule has 0 atom stereocenters. The summed E-state index contributed by atoms with van der Waals surface area (Å²) in [6.45, 7) is 0. The second kappa shape index (κ2) is 3.95. The predicted molar refractivity (Wildman–Crippen MR) is 58.4 cm³/mol. The third-order valence-electron chi connectivity index (χ3n) is 2.24. The Morgan fingerprint density at radius 1 is 1.53 bits per heavy atom. The van der Waals surface area contributed by atoms with Crippen molar-refractivity contribution in [2.75, 3.05) is 0 Å². The third kappa shape index (κ3) is 1.80. The molecule has 84 valence electrons. The van der Waals surface area contributed by atoms with E-state index in [0.29, 0.717) is 10.9 Å². The van der Waals surface area contributed by atoms with E-state index in [1.165, 1.54) is 24.4 Å². The summed E-state index contributed by atoms with van der Waals surface area (Å²) in [4.78, 5) is 26.6. The fourth-order valence-electron chi connectivity index (χ4n) is 1.49. The second-order valence-corrected chi connectivity index (χ2v) is 3.18. The summed E-state index contributed by atoms with van der Waals surface area (Å²) >= 11 is 0. The number of carbonyl (C=O) groups is 1. The first-order valence-corrected chi connectivity index (χ1v) is 4.48. The number of carbonyl (C=O) groups excluding carboxylic acids is 1. The fourth-order valence-corrected chi connectivity index (χ4v) is 1.49. The summed E-state index contributed by atoms with van der Waals surface area (Å²) < 4.78 is 0. The van der Waals surface area contributed by atoms with E-state index in [0.717, 1.165) is 0 Å². The Morgan fingerprint density at radius 2 is 2.29 bits per heavy atom. The maximum absolute atomic E-state index is 11.4. The van der Waals surface area contributed by atoms with Crippen LogP contribution < -0.4 is 0 Å². The summed E-state index contributed by atoms with van der Waals surface area (Å²) in [6, 6.07) is 4.06. The first kappa shape index (κ1) is 10.7. The highest BCUT2D eigenvalue weighted by Crippen LogP contribution is 2.24. The normalized spacial score (nSPS) is 9.88. The first-order chi connectivity index (χ1) is 8.13. The van der Waals surface area contributed by atoms with Crippen LogP contribution in [0.5, 0.6) is 0 Å². The number of aromatic nitrogens is 1. The van der Waals surface area contributed by atoms with Gasteiger partial charge in [0.1, 0.15) is 0 Å². The lowest BCUT2D eigenvalue weighted by molar-refractivity contribution is -0.384. The van der Waals surface area contributed by atoms with Crippen molar-refractivity contribution in [1.29, 1.82) is 0 Å². The van der Waals surface area contributed by atoms with Gasteiger partial charge < -0.3 is 4.98 Å². The number of rotatable bonds is 2. The molecule has 0 saturated heterocycles. The van der Waals surface area contributed by atoms with Gasteiger partial charge in [0, 0.05) is 39.7 Å². The Bertz CT molecular complexity index is 668. The summed E-state index contributed by atoms with van der Waals surface area (Å²) in [5.74, 6) is -0.778. The monoisotopic (exact) mass is 231 g/mol. The number of non-ortho nitro benzene ring substituents is 1. The van der Waals surface area contributed by atoms with E-state index >= 15 is 0 Å². The van der Waals surface area contributed by atoms with Crippen molar-refractivity contribution in [1.82, 2.24) is 4.98 Å². The number of nitro benzene ring substituents is 1. The number of H-pyrrole nitrogens is 1. The van der Waals surface area contributed by atoms with Gasteiger partial charge in [-0.25, -0.2) is 0 Å². The number of azide groups is 1. The zero-order chi connectivity index (χ0) is 12.4. The smallest absolute Gasteiger partial charge is 0.270 e. The highest BCUT2D eigenvalue weighted by molar-refractivity contribution is 6.07. The maximum atomic E-state index is 11.4. The Morgan fingerprint density at radius 3 is 2.94 bits per heavy atom. The molecule has 1 aromatic carbocycles. The van der Waals surface area contributed by atoms with Crippen molar-refractivity contribution in [2.24, 2.45) is 5.11 Å². The molecule has 1 aromatic heterocycles. The average molecular weight is 231 g/mol. The third-order valence-corrected chi connectivity index (χ3v) is 2.24. The molecule has 0 radical (unpaired) electrons. The molecular weight excluding hydrogens is 226 g/mol. The van der Waals surface area contributed by atoms with E-state index in [-0.39, 0.29) is 11.3 Å². The van der Waals surface area contributed by atoms with Gasteiger partial charge in [-0.1, -0.05) is 0 Å². The highest BCUT2D eigenvalue weighted by Gasteiger charge is 2.14. The van der Waals surface area contributed by atoms with Crippen LogP contribution in [-0.2, 0) is 0 Å². The molecule has 0 saturated carbocycles. The van der Waals surface area contributed by atoms with Crippen molar-refractivity contribution in [2.45, 2.75) is 0 Å². The quantitative estimate of drug-likeness (QED) is 0.280. The van der Waals surface area contributed by atoms with E-state index in [1.54, 1.807) is 0 Å². The molecule has 0 aliphatic rings. The Labute approximate surface area is 93.6 Å². The van der Waals surface area contributed by atoms with Gasteiger partial charge in [-0.05, 0) is 16.7 Å². The van der Waals surface area contributed by atoms with E-state index in [4.69, 9.17) is 5.53 Å². The minimum absolute atomic E-state index is 0.113. The summed E-state index contributed by atoms with van der Waals surface area (Å²) in [5, 5.41) is 13.9. The van der Waals surface area contributed by atoms with Crippen molar-refractivity contribution < 1.29 is 9.72 Å². The average Bonchev–Trinajstić information content (AvgIpc) is 2.71. The van der Waals surface area contributed by atoms with Crippen LogP contribution in [0.25, 0.3) is 21.3 Å². The molecule has 0 aliphatic carbocycles. The fraction of sp³-hybridized carbons (Fsp3) is 0. The van der Waals surface area contributed by atoms with Crippen molar-refractivity contribution in [3.63, 3.8) is 0 Å². The second-order valence-electron chi connectivity index (χ2n) is 3.18. The van der Waals surface area contributed by atoms with E-state index in [9.17, 15) is 14.9 Å². The lowest BCUT2D eigenvalue weighted by Crippen LogP contribution is -1.92. The number of nitrogens with zero attached hydrogens (tertiary/aromatic N) is 4. The summed E-state index contributed by atoms with van der Waals surface area (Å²) in [7, 11) is 0. The van der Waals surface area contributed by atoms with Crippen LogP contribution >= 0.6 is 0 Å². The van der Waals surface area contributed by atoms with E-state index in [1.807, 2.05) is 0 Å². The van der Waals surface area contributed by atoms with E-state index in [2.05, 4.69) is 15.0 Å². The number of benzene rings is 1. The molecule has 0 aliphatic heterocycles. The van der Waals surface area contributed by atoms with Gasteiger partial charge in [-0.15, -0.1) is 0 Å². The number of nitro groups is 1. The molecular formula is C9H5N5O3. The van der Waals surface area contributed by atoms with Gasteiger partial charge in [0.25, 0.3) is 11.6 Å². The number of fused-ring (bicyclic) bond motifs is 1. The van der Waals surface area contributed by atoms with Gasteiger partial charge in [-0.3, -0.25) is 14.9 Å². The topological polar surface area (TPSA) is 125 Å². The lowest BCUT2D eigenvalue weighted by Gasteiger charge is -1.94. The number of aromatic amines is 1. The summed E-state index contributed by atoms with van der Waals surface area (Å²) in [5.41, 5.74) is 8.71. The minimum atomic E-state index is -0.778. The summed E-state index contributed by atoms with van der Waals surface area (Å²) in [6.07, 6.45) is 1.35. The van der Waals surface area contributed by atoms with Gasteiger partial charge in [0.05, 0.1) is 4.92 Å². The zero-order valence-electron chi connectivity index (χ0n) is 8.32. The largest absolute Gasteiger partial charge is 0.360 e. The molecule has 2 rings (SSSR count). The van der Waals surface area contributed by atoms with Gasteiger partial charge in [-0.2, -0.15) is 0 Å². The molecule has 17 heavy (non-hydrogen) atoms. The Balaban J connectivity index is 2.65. The number of hydrogen-bond donors (Lipinski definition) is 1. The molecule has 0 fully saturated rings. The molecule has 0 bridgehead atoms. The van der Waals surface area contributed by atoms with Gasteiger partial charge in [0.15, 0.2) is 0 Å². The van der Waals surface area contributed by atoms with Crippen LogP contribution in [0.4, 0.5) is 5.69 Å². The van der Waals surface area contributed by atoms with Crippen LogP contribution in [0.15, 0.2) is 29.5 Å². The van der Waals surface area contributed by atoms with Crippen LogP contribution in [-0.4, -0.2) is 15.8 Å². The standard InChI is InChI=1S/C9H5N5O3/c10-13-12-9(15)7-4-11-8-2-1-5(14(16)17)3-6(7)8/h1-4,11H. The molecule has 0 spiro atoms. The highest BCUT2D eigenvalue weighted by atomic mass is 16.6. The molecule has 1 N–H and O–H groups in total. The molecule has 1 heterocycles. The number of amides is 1. The Hall–Kier alpha value is -2.86. The molecule has 1 amide bonds. The number of hydrogen-bond acceptors (Lipinski definition) is 3.